The van der Waals surface area contributed by atoms with E-state index in [2.05, 4.69) is 10.1 Å². The van der Waals surface area contributed by atoms with Crippen LogP contribution in [-0.4, -0.2) is 33.4 Å². The summed E-state index contributed by atoms with van der Waals surface area (Å²) in [5.74, 6) is -2.65. The third-order valence-corrected chi connectivity index (χ3v) is 6.52. The maximum absolute atomic E-state index is 13.1. The van der Waals surface area contributed by atoms with E-state index in [0.717, 1.165) is 12.1 Å². The molecule has 6 nitrogen and oxygen atoms in total. The van der Waals surface area contributed by atoms with Gasteiger partial charge in [-0.2, -0.15) is 0 Å². The summed E-state index contributed by atoms with van der Waals surface area (Å²) in [6.07, 6.45) is 0. The fourth-order valence-corrected chi connectivity index (χ4v) is 4.86. The Morgan fingerprint density at radius 3 is 2.48 bits per heavy atom. The second-order valence-electron chi connectivity index (χ2n) is 4.93. The molecule has 0 aliphatic heterocycles. The highest BCUT2D eigenvalue weighted by molar-refractivity contribution is 7.91. The molecule has 0 spiro atoms. The van der Waals surface area contributed by atoms with Crippen LogP contribution in [0.4, 0.5) is 4.39 Å². The molecule has 0 aliphatic rings. The summed E-state index contributed by atoms with van der Waals surface area (Å²) < 4.78 is 43.4. The molecule has 1 N–H and O–H groups in total. The Bertz CT molecular complexity index is 832. The van der Waals surface area contributed by atoms with Gasteiger partial charge in [0.25, 0.3) is 0 Å². The standard InChI is InChI=1S/C16H16FNO5S2/c1-2-23-16(20)15(19)18-10-14(13-4-3-9-24-13)25(21,22)12-7-5-11(17)6-8-12/h3-9,14H,2,10H2,1H3,(H,18,19)/t14-/m0/s1. The van der Waals surface area contributed by atoms with Gasteiger partial charge in [0.2, 0.25) is 0 Å². The Morgan fingerprint density at radius 2 is 1.92 bits per heavy atom. The van der Waals surface area contributed by atoms with Crippen LogP contribution in [0.25, 0.3) is 0 Å². The SMILES string of the molecule is CCOC(=O)C(=O)NC[C@@H](c1cccs1)S(=O)(=O)c1ccc(F)cc1. The molecule has 134 valence electrons. The van der Waals surface area contributed by atoms with E-state index in [1.165, 1.54) is 23.5 Å². The average Bonchev–Trinajstić information content (AvgIpc) is 3.09. The minimum absolute atomic E-state index is 0.0362. The lowest BCUT2D eigenvalue weighted by Crippen LogP contribution is -2.37. The molecule has 1 atom stereocenters. The molecule has 0 bridgehead atoms. The van der Waals surface area contributed by atoms with Crippen molar-refractivity contribution in [2.75, 3.05) is 13.2 Å². The first-order valence-electron chi connectivity index (χ1n) is 7.34. The lowest BCUT2D eigenvalue weighted by Gasteiger charge is -2.17. The van der Waals surface area contributed by atoms with Crippen LogP contribution in [0.15, 0.2) is 46.7 Å². The van der Waals surface area contributed by atoms with Crippen LogP contribution in [0, 0.1) is 5.82 Å². The fourth-order valence-electron chi connectivity index (χ4n) is 2.08. The minimum atomic E-state index is -3.90. The van der Waals surface area contributed by atoms with Crippen LogP contribution in [0.3, 0.4) is 0 Å². The topological polar surface area (TPSA) is 89.5 Å². The first-order chi connectivity index (χ1) is 11.9. The number of ether oxygens (including phenoxy) is 1. The highest BCUT2D eigenvalue weighted by atomic mass is 32.2. The van der Waals surface area contributed by atoms with Crippen LogP contribution in [0.2, 0.25) is 0 Å². The first-order valence-corrected chi connectivity index (χ1v) is 9.76. The summed E-state index contributed by atoms with van der Waals surface area (Å²) >= 11 is 1.21. The van der Waals surface area contributed by atoms with E-state index in [4.69, 9.17) is 0 Å². The van der Waals surface area contributed by atoms with Crippen LogP contribution in [-0.2, 0) is 24.2 Å². The second-order valence-corrected chi connectivity index (χ2v) is 8.04. The summed E-state index contributed by atoms with van der Waals surface area (Å²) in [5, 5.41) is 2.89. The predicted molar refractivity (Wildman–Crippen MR) is 90.3 cm³/mol. The number of amides is 1. The largest absolute Gasteiger partial charge is 0.459 e. The lowest BCUT2D eigenvalue weighted by molar-refractivity contribution is -0.154. The molecular formula is C16H16FNO5S2. The maximum atomic E-state index is 13.1. The molecule has 2 rings (SSSR count). The summed E-state index contributed by atoms with van der Waals surface area (Å²) in [6, 6.07) is 7.73. The zero-order valence-electron chi connectivity index (χ0n) is 13.3. The number of halogens is 1. The van der Waals surface area contributed by atoms with Crippen molar-refractivity contribution in [2.24, 2.45) is 0 Å². The monoisotopic (exact) mass is 385 g/mol. The molecule has 9 heteroatoms. The Morgan fingerprint density at radius 1 is 1.24 bits per heavy atom. The molecule has 0 saturated carbocycles. The normalized spacial score (nSPS) is 12.4. The van der Waals surface area contributed by atoms with Crippen molar-refractivity contribution in [3.05, 3.63) is 52.5 Å². The van der Waals surface area contributed by atoms with Gasteiger partial charge in [-0.3, -0.25) is 4.79 Å². The van der Waals surface area contributed by atoms with E-state index < -0.39 is 32.8 Å². The number of esters is 1. The molecule has 25 heavy (non-hydrogen) atoms. The number of thiophene rings is 1. The van der Waals surface area contributed by atoms with Gasteiger partial charge in [-0.25, -0.2) is 17.6 Å². The molecule has 1 amide bonds. The Kier molecular flexibility index (Phi) is 6.27. The molecule has 0 unspecified atom stereocenters. The first kappa shape index (κ1) is 19.1. The molecule has 1 heterocycles. The van der Waals surface area contributed by atoms with E-state index in [9.17, 15) is 22.4 Å². The highest BCUT2D eigenvalue weighted by Gasteiger charge is 2.31. The Labute approximate surface area is 148 Å². The van der Waals surface area contributed by atoms with Crippen molar-refractivity contribution in [3.8, 4) is 0 Å². The summed E-state index contributed by atoms with van der Waals surface area (Å²) in [5.41, 5.74) is 0. The molecule has 2 aromatic rings. The molecule has 1 aromatic heterocycles. The van der Waals surface area contributed by atoms with Crippen molar-refractivity contribution in [1.29, 1.82) is 0 Å². The van der Waals surface area contributed by atoms with Gasteiger partial charge in [-0.15, -0.1) is 11.3 Å². The minimum Gasteiger partial charge on any atom is -0.459 e. The van der Waals surface area contributed by atoms with Gasteiger partial charge >= 0.3 is 11.9 Å². The Balaban J connectivity index is 2.26. The zero-order chi connectivity index (χ0) is 18.4. The smallest absolute Gasteiger partial charge is 0.396 e. The molecule has 1 aromatic carbocycles. The van der Waals surface area contributed by atoms with E-state index in [1.807, 2.05) is 0 Å². The van der Waals surface area contributed by atoms with E-state index in [-0.39, 0.29) is 18.0 Å². The average molecular weight is 385 g/mol. The van der Waals surface area contributed by atoms with Crippen molar-refractivity contribution in [1.82, 2.24) is 5.32 Å². The molecule has 0 radical (unpaired) electrons. The molecule has 0 saturated heterocycles. The fraction of sp³-hybridized carbons (Fsp3) is 0.250. The quantitative estimate of drug-likeness (QED) is 0.467. The third kappa shape index (κ3) is 4.64. The van der Waals surface area contributed by atoms with Crippen molar-refractivity contribution in [2.45, 2.75) is 17.1 Å². The van der Waals surface area contributed by atoms with Gasteiger partial charge in [0.1, 0.15) is 11.1 Å². The summed E-state index contributed by atoms with van der Waals surface area (Å²) in [7, 11) is -3.90. The molecule has 0 aliphatic carbocycles. The number of hydrogen-bond donors (Lipinski definition) is 1. The maximum Gasteiger partial charge on any atom is 0.396 e. The zero-order valence-corrected chi connectivity index (χ0v) is 14.9. The van der Waals surface area contributed by atoms with Crippen molar-refractivity contribution in [3.63, 3.8) is 0 Å². The van der Waals surface area contributed by atoms with Gasteiger partial charge in [0, 0.05) is 11.4 Å². The second kappa shape index (κ2) is 8.21. The predicted octanol–water partition coefficient (Wildman–Crippen LogP) is 2.08. The van der Waals surface area contributed by atoms with E-state index in [0.29, 0.717) is 4.88 Å². The number of sulfone groups is 1. The summed E-state index contributed by atoms with van der Waals surface area (Å²) in [4.78, 5) is 23.5. The van der Waals surface area contributed by atoms with E-state index in [1.54, 1.807) is 24.4 Å². The number of benzene rings is 1. The Hall–Kier alpha value is -2.26. The van der Waals surface area contributed by atoms with Crippen molar-refractivity contribution >= 4 is 33.1 Å². The van der Waals surface area contributed by atoms with E-state index >= 15 is 0 Å². The molecule has 0 fully saturated rings. The van der Waals surface area contributed by atoms with Gasteiger partial charge in [0.15, 0.2) is 9.84 Å². The number of carbonyl (C=O) groups excluding carboxylic acids is 2. The van der Waals surface area contributed by atoms with Crippen LogP contribution in [0.1, 0.15) is 17.1 Å². The lowest BCUT2D eigenvalue weighted by atomic mass is 10.3. The number of carbonyl (C=O) groups is 2. The highest BCUT2D eigenvalue weighted by Crippen LogP contribution is 2.31. The number of rotatable bonds is 6. The summed E-state index contributed by atoms with van der Waals surface area (Å²) in [6.45, 7) is 1.28. The van der Waals surface area contributed by atoms with Crippen LogP contribution < -0.4 is 5.32 Å². The number of hydrogen-bond acceptors (Lipinski definition) is 6. The van der Waals surface area contributed by atoms with Gasteiger partial charge < -0.3 is 10.1 Å². The van der Waals surface area contributed by atoms with Crippen molar-refractivity contribution < 1.29 is 27.1 Å². The van der Waals surface area contributed by atoms with Crippen LogP contribution in [0.5, 0.6) is 0 Å². The van der Waals surface area contributed by atoms with Crippen LogP contribution >= 0.6 is 11.3 Å². The molecular weight excluding hydrogens is 369 g/mol. The van der Waals surface area contributed by atoms with Gasteiger partial charge in [-0.1, -0.05) is 6.07 Å². The number of nitrogens with one attached hydrogen (secondary N) is 1. The third-order valence-electron chi connectivity index (χ3n) is 3.29. The van der Waals surface area contributed by atoms with Gasteiger partial charge in [0.05, 0.1) is 11.5 Å². The van der Waals surface area contributed by atoms with Gasteiger partial charge in [-0.05, 0) is 42.6 Å².